The second kappa shape index (κ2) is 7.82. The number of hydrogen-bond donors (Lipinski definition) is 3. The molecule has 0 unspecified atom stereocenters. The Morgan fingerprint density at radius 1 is 1.27 bits per heavy atom. The lowest BCUT2D eigenvalue weighted by atomic mass is 10.1. The summed E-state index contributed by atoms with van der Waals surface area (Å²) in [4.78, 5) is 0. The number of rotatable bonds is 2. The summed E-state index contributed by atoms with van der Waals surface area (Å²) in [6.07, 6.45) is 1.02. The van der Waals surface area contributed by atoms with Gasteiger partial charge in [-0.05, 0) is 12.0 Å². The molecule has 1 aromatic rings. The maximum Gasteiger partial charge on any atom is 0.166 e. The molecular formula is C11H20N4. The van der Waals surface area contributed by atoms with Crippen LogP contribution in [0.3, 0.4) is 0 Å². The second-order valence-electron chi connectivity index (χ2n) is 2.67. The van der Waals surface area contributed by atoms with Gasteiger partial charge in [0.2, 0.25) is 0 Å². The fourth-order valence-electron chi connectivity index (χ4n) is 1.09. The van der Waals surface area contributed by atoms with Crippen molar-refractivity contribution in [3.8, 4) is 0 Å². The first-order valence-corrected chi connectivity index (χ1v) is 5.15. The summed E-state index contributed by atoms with van der Waals surface area (Å²) in [5.74, 6) is 10.8. The number of amidine groups is 1. The zero-order chi connectivity index (χ0) is 11.7. The number of hydrogen-bond acceptors (Lipinski definition) is 3. The van der Waals surface area contributed by atoms with Gasteiger partial charge in [0.25, 0.3) is 0 Å². The molecule has 15 heavy (non-hydrogen) atoms. The van der Waals surface area contributed by atoms with Crippen LogP contribution in [0.1, 0.15) is 31.9 Å². The first-order chi connectivity index (χ1) is 7.31. The highest BCUT2D eigenvalue weighted by Gasteiger charge is 1.99. The molecule has 0 heterocycles. The van der Waals surface area contributed by atoms with Crippen LogP contribution < -0.4 is 17.1 Å². The third-order valence-electron chi connectivity index (χ3n) is 1.90. The fourth-order valence-corrected chi connectivity index (χ4v) is 1.09. The third kappa shape index (κ3) is 3.99. The fraction of sp³-hybridized carbons (Fsp3) is 0.364. The number of hydrazone groups is 1. The molecule has 0 saturated carbocycles. The Morgan fingerprint density at radius 3 is 2.13 bits per heavy atom. The number of benzene rings is 1. The number of nitrogens with one attached hydrogen (secondary N) is 1. The van der Waals surface area contributed by atoms with E-state index in [2.05, 4.69) is 17.5 Å². The molecule has 0 aliphatic rings. The molecule has 0 radical (unpaired) electrons. The van der Waals surface area contributed by atoms with Crippen molar-refractivity contribution in [3.05, 3.63) is 35.4 Å². The van der Waals surface area contributed by atoms with Crippen LogP contribution in [0.15, 0.2) is 29.4 Å². The Morgan fingerprint density at radius 2 is 1.80 bits per heavy atom. The monoisotopic (exact) mass is 208 g/mol. The van der Waals surface area contributed by atoms with E-state index >= 15 is 0 Å². The standard InChI is InChI=1S/C9H14N4.C2H6/c1-2-7-3-5-8(6-4-7)9(12-10)13-11;1-2/h3-6H,2,10-11H2,1H3,(H,12,13);1-2H3. The van der Waals surface area contributed by atoms with Gasteiger partial charge >= 0.3 is 0 Å². The summed E-state index contributed by atoms with van der Waals surface area (Å²) in [6, 6.07) is 7.92. The molecule has 0 amide bonds. The summed E-state index contributed by atoms with van der Waals surface area (Å²) in [6.45, 7) is 6.11. The number of hydrazine groups is 1. The van der Waals surface area contributed by atoms with Gasteiger partial charge in [-0.15, -0.1) is 0 Å². The van der Waals surface area contributed by atoms with Gasteiger partial charge in [0, 0.05) is 5.56 Å². The summed E-state index contributed by atoms with van der Waals surface area (Å²) < 4.78 is 0. The van der Waals surface area contributed by atoms with Crippen LogP contribution in [0, 0.1) is 0 Å². The Labute approximate surface area is 91.3 Å². The lowest BCUT2D eigenvalue weighted by Gasteiger charge is -2.04. The maximum atomic E-state index is 5.23. The number of nitrogens with zero attached hydrogens (tertiary/aromatic N) is 1. The second-order valence-corrected chi connectivity index (χ2v) is 2.67. The van der Waals surface area contributed by atoms with Gasteiger partial charge in [0.1, 0.15) is 0 Å². The molecule has 0 atom stereocenters. The predicted octanol–water partition coefficient (Wildman–Crippen LogP) is 1.36. The van der Waals surface area contributed by atoms with Crippen LogP contribution in [-0.2, 0) is 6.42 Å². The van der Waals surface area contributed by atoms with E-state index in [-0.39, 0.29) is 0 Å². The summed E-state index contributed by atoms with van der Waals surface area (Å²) in [5.41, 5.74) is 4.60. The Bertz CT molecular complexity index is 290. The van der Waals surface area contributed by atoms with Crippen molar-refractivity contribution in [2.24, 2.45) is 16.8 Å². The first-order valence-electron chi connectivity index (χ1n) is 5.15. The molecule has 0 bridgehead atoms. The van der Waals surface area contributed by atoms with E-state index in [4.69, 9.17) is 11.7 Å². The van der Waals surface area contributed by atoms with Gasteiger partial charge in [-0.1, -0.05) is 45.0 Å². The van der Waals surface area contributed by atoms with Crippen molar-refractivity contribution in [1.82, 2.24) is 5.43 Å². The van der Waals surface area contributed by atoms with E-state index in [1.165, 1.54) is 5.56 Å². The molecule has 4 nitrogen and oxygen atoms in total. The SMILES string of the molecule is CC.CCc1ccc(/C(=N/N)NN)cc1. The lowest BCUT2D eigenvalue weighted by Crippen LogP contribution is -2.31. The van der Waals surface area contributed by atoms with Crippen molar-refractivity contribution in [1.29, 1.82) is 0 Å². The van der Waals surface area contributed by atoms with Crippen LogP contribution in [0.4, 0.5) is 0 Å². The minimum atomic E-state index is 0.489. The van der Waals surface area contributed by atoms with Gasteiger partial charge in [0.05, 0.1) is 0 Å². The zero-order valence-corrected chi connectivity index (χ0v) is 9.62. The number of nitrogens with two attached hydrogens (primary N) is 2. The molecule has 1 aromatic carbocycles. The highest BCUT2D eigenvalue weighted by molar-refractivity contribution is 5.98. The largest absolute Gasteiger partial charge is 0.321 e. The van der Waals surface area contributed by atoms with Crippen molar-refractivity contribution < 1.29 is 0 Å². The van der Waals surface area contributed by atoms with E-state index in [0.29, 0.717) is 5.84 Å². The zero-order valence-electron chi connectivity index (χ0n) is 9.62. The van der Waals surface area contributed by atoms with Gasteiger partial charge in [-0.25, -0.2) is 5.84 Å². The molecule has 5 N–H and O–H groups in total. The van der Waals surface area contributed by atoms with E-state index < -0.39 is 0 Å². The Hall–Kier alpha value is -1.55. The minimum Gasteiger partial charge on any atom is -0.321 e. The van der Waals surface area contributed by atoms with Crippen molar-refractivity contribution in [2.75, 3.05) is 0 Å². The van der Waals surface area contributed by atoms with Crippen molar-refractivity contribution in [2.45, 2.75) is 27.2 Å². The minimum absolute atomic E-state index is 0.489. The van der Waals surface area contributed by atoms with Gasteiger partial charge in [0.15, 0.2) is 5.84 Å². The average molecular weight is 208 g/mol. The number of aryl methyl sites for hydroxylation is 1. The van der Waals surface area contributed by atoms with Crippen LogP contribution in [0.25, 0.3) is 0 Å². The van der Waals surface area contributed by atoms with Gasteiger partial charge in [-0.2, -0.15) is 5.10 Å². The van der Waals surface area contributed by atoms with Crippen molar-refractivity contribution in [3.63, 3.8) is 0 Å². The quantitative estimate of drug-likeness (QED) is 0.297. The van der Waals surface area contributed by atoms with E-state index in [1.807, 2.05) is 38.1 Å². The lowest BCUT2D eigenvalue weighted by molar-refractivity contribution is 1.00. The van der Waals surface area contributed by atoms with Gasteiger partial charge in [-0.3, -0.25) is 0 Å². The van der Waals surface area contributed by atoms with Crippen LogP contribution in [-0.4, -0.2) is 5.84 Å². The summed E-state index contributed by atoms with van der Waals surface area (Å²) in [5, 5.41) is 3.51. The molecular weight excluding hydrogens is 188 g/mol. The molecule has 0 fully saturated rings. The summed E-state index contributed by atoms with van der Waals surface area (Å²) >= 11 is 0. The molecule has 84 valence electrons. The molecule has 0 spiro atoms. The molecule has 1 rings (SSSR count). The Balaban J connectivity index is 0.000000921. The Kier molecular flexibility index (Phi) is 7.01. The molecule has 0 saturated heterocycles. The highest BCUT2D eigenvalue weighted by atomic mass is 15.3. The average Bonchev–Trinajstić information content (AvgIpc) is 2.34. The van der Waals surface area contributed by atoms with Gasteiger partial charge < -0.3 is 11.3 Å². The highest BCUT2D eigenvalue weighted by Crippen LogP contribution is 2.04. The predicted molar refractivity (Wildman–Crippen MR) is 65.2 cm³/mol. The molecule has 4 heteroatoms. The maximum absolute atomic E-state index is 5.23. The summed E-state index contributed by atoms with van der Waals surface area (Å²) in [7, 11) is 0. The normalized spacial score (nSPS) is 10.3. The van der Waals surface area contributed by atoms with Crippen LogP contribution in [0.2, 0.25) is 0 Å². The smallest absolute Gasteiger partial charge is 0.166 e. The topological polar surface area (TPSA) is 76.4 Å². The molecule has 0 aromatic heterocycles. The molecule has 0 aliphatic carbocycles. The first kappa shape index (κ1) is 13.4. The van der Waals surface area contributed by atoms with E-state index in [1.54, 1.807) is 0 Å². The van der Waals surface area contributed by atoms with E-state index in [0.717, 1.165) is 12.0 Å². The molecule has 0 aliphatic heterocycles. The van der Waals surface area contributed by atoms with Crippen LogP contribution >= 0.6 is 0 Å². The van der Waals surface area contributed by atoms with E-state index in [9.17, 15) is 0 Å². The third-order valence-corrected chi connectivity index (χ3v) is 1.90. The van der Waals surface area contributed by atoms with Crippen molar-refractivity contribution >= 4 is 5.84 Å². The van der Waals surface area contributed by atoms with Crippen LogP contribution in [0.5, 0.6) is 0 Å².